The fourth-order valence-corrected chi connectivity index (χ4v) is 2.86. The molecule has 4 heteroatoms. The third-order valence-corrected chi connectivity index (χ3v) is 3.90. The number of ketones is 1. The first kappa shape index (κ1) is 14.5. The van der Waals surface area contributed by atoms with Crippen molar-refractivity contribution in [3.05, 3.63) is 29.3 Å². The van der Waals surface area contributed by atoms with E-state index in [0.717, 1.165) is 38.0 Å². The van der Waals surface area contributed by atoms with E-state index in [-0.39, 0.29) is 12.4 Å². The average Bonchev–Trinajstić information content (AvgIpc) is 2.47. The van der Waals surface area contributed by atoms with Gasteiger partial charge in [-0.3, -0.25) is 4.79 Å². The second-order valence-electron chi connectivity index (χ2n) is 5.37. The number of hydrogen-bond donors (Lipinski definition) is 1. The van der Waals surface area contributed by atoms with E-state index in [1.807, 2.05) is 0 Å². The fourth-order valence-electron chi connectivity index (χ4n) is 2.86. The van der Waals surface area contributed by atoms with Gasteiger partial charge >= 0.3 is 0 Å². The molecular weight excluding hydrogens is 252 g/mol. The Hall–Kier alpha value is -1.86. The highest BCUT2D eigenvalue weighted by molar-refractivity contribution is 6.00. The number of hydrogen-bond acceptors (Lipinski definition) is 4. The molecule has 1 N–H and O–H groups in total. The highest BCUT2D eigenvalue weighted by atomic mass is 16.3. The van der Waals surface area contributed by atoms with E-state index in [2.05, 4.69) is 11.0 Å². The van der Waals surface area contributed by atoms with Gasteiger partial charge in [-0.2, -0.15) is 5.26 Å². The normalized spacial score (nSPS) is 18.6. The van der Waals surface area contributed by atoms with Gasteiger partial charge in [0.15, 0.2) is 5.78 Å². The van der Waals surface area contributed by atoms with Gasteiger partial charge in [-0.15, -0.1) is 0 Å². The molecule has 0 aliphatic carbocycles. The molecule has 1 heterocycles. The van der Waals surface area contributed by atoms with Gasteiger partial charge in [0.25, 0.3) is 0 Å². The molecule has 0 spiro atoms. The molecule has 2 rings (SSSR count). The molecule has 1 unspecified atom stereocenters. The van der Waals surface area contributed by atoms with Crippen molar-refractivity contribution in [2.75, 3.05) is 24.6 Å². The number of piperidine rings is 1. The van der Waals surface area contributed by atoms with Crippen molar-refractivity contribution in [1.82, 2.24) is 0 Å². The molecule has 0 saturated carbocycles. The predicted octanol–water partition coefficient (Wildman–Crippen LogP) is 2.36. The van der Waals surface area contributed by atoms with Crippen LogP contribution < -0.4 is 4.90 Å². The smallest absolute Gasteiger partial charge is 0.161 e. The van der Waals surface area contributed by atoms with Crippen LogP contribution >= 0.6 is 0 Å². The summed E-state index contributed by atoms with van der Waals surface area (Å²) in [6, 6.07) is 7.37. The second-order valence-corrected chi connectivity index (χ2v) is 5.37. The molecule has 0 amide bonds. The molecule has 1 aromatic carbocycles. The first-order valence-corrected chi connectivity index (χ1v) is 7.06. The Labute approximate surface area is 119 Å². The zero-order valence-corrected chi connectivity index (χ0v) is 11.8. The Morgan fingerprint density at radius 3 is 3.00 bits per heavy atom. The van der Waals surface area contributed by atoms with Crippen LogP contribution in [0.4, 0.5) is 5.69 Å². The number of anilines is 1. The van der Waals surface area contributed by atoms with E-state index in [1.54, 1.807) is 25.1 Å². The molecule has 0 aromatic heterocycles. The summed E-state index contributed by atoms with van der Waals surface area (Å²) >= 11 is 0. The Balaban J connectivity index is 2.30. The van der Waals surface area contributed by atoms with Crippen LogP contribution in [0.1, 0.15) is 42.1 Å². The summed E-state index contributed by atoms with van der Waals surface area (Å²) in [5.41, 5.74) is 2.11. The lowest BCUT2D eigenvalue weighted by Gasteiger charge is -2.35. The zero-order valence-electron chi connectivity index (χ0n) is 11.8. The number of nitriles is 1. The van der Waals surface area contributed by atoms with Crippen LogP contribution in [0.3, 0.4) is 0 Å². The maximum atomic E-state index is 11.8. The zero-order chi connectivity index (χ0) is 14.5. The molecule has 1 aromatic rings. The monoisotopic (exact) mass is 272 g/mol. The Kier molecular flexibility index (Phi) is 4.75. The SMILES string of the molecule is CC(=O)c1ccc(C#N)cc1N1CCCC(CCO)C1. The number of rotatable bonds is 4. The van der Waals surface area contributed by atoms with E-state index in [9.17, 15) is 4.79 Å². The summed E-state index contributed by atoms with van der Waals surface area (Å²) in [5, 5.41) is 18.1. The van der Waals surface area contributed by atoms with Crippen molar-refractivity contribution in [1.29, 1.82) is 5.26 Å². The molecule has 1 atom stereocenters. The van der Waals surface area contributed by atoms with Crippen LogP contribution in [-0.2, 0) is 0 Å². The number of carbonyl (C=O) groups excluding carboxylic acids is 1. The molecule has 20 heavy (non-hydrogen) atoms. The summed E-state index contributed by atoms with van der Waals surface area (Å²) in [6.07, 6.45) is 2.97. The molecule has 1 aliphatic rings. The van der Waals surface area contributed by atoms with E-state index in [1.165, 1.54) is 0 Å². The van der Waals surface area contributed by atoms with Crippen LogP contribution in [0.5, 0.6) is 0 Å². The van der Waals surface area contributed by atoms with E-state index >= 15 is 0 Å². The highest BCUT2D eigenvalue weighted by Crippen LogP contribution is 2.29. The minimum absolute atomic E-state index is 0.0220. The standard InChI is InChI=1S/C16H20N2O2/c1-12(20)15-5-4-14(10-17)9-16(15)18-7-2-3-13(11-18)6-8-19/h4-5,9,13,19H,2-3,6-8,11H2,1H3. The van der Waals surface area contributed by atoms with E-state index in [4.69, 9.17) is 10.4 Å². The Morgan fingerprint density at radius 2 is 2.35 bits per heavy atom. The molecule has 106 valence electrons. The largest absolute Gasteiger partial charge is 0.396 e. The average molecular weight is 272 g/mol. The van der Waals surface area contributed by atoms with Crippen molar-refractivity contribution in [3.8, 4) is 6.07 Å². The van der Waals surface area contributed by atoms with Gasteiger partial charge < -0.3 is 10.0 Å². The molecule has 0 radical (unpaired) electrons. The van der Waals surface area contributed by atoms with Crippen LogP contribution in [-0.4, -0.2) is 30.6 Å². The summed E-state index contributed by atoms with van der Waals surface area (Å²) in [6.45, 7) is 3.50. The predicted molar refractivity (Wildman–Crippen MR) is 77.8 cm³/mol. The summed E-state index contributed by atoms with van der Waals surface area (Å²) in [5.74, 6) is 0.480. The number of aliphatic hydroxyl groups is 1. The van der Waals surface area contributed by atoms with Crippen molar-refractivity contribution in [2.45, 2.75) is 26.2 Å². The topological polar surface area (TPSA) is 64.3 Å². The second kappa shape index (κ2) is 6.53. The molecule has 1 saturated heterocycles. The Morgan fingerprint density at radius 1 is 1.55 bits per heavy atom. The number of benzene rings is 1. The molecule has 1 aliphatic heterocycles. The summed E-state index contributed by atoms with van der Waals surface area (Å²) < 4.78 is 0. The summed E-state index contributed by atoms with van der Waals surface area (Å²) in [7, 11) is 0. The lowest BCUT2D eigenvalue weighted by Crippen LogP contribution is -2.36. The number of nitrogens with zero attached hydrogens (tertiary/aromatic N) is 2. The first-order valence-electron chi connectivity index (χ1n) is 7.06. The third kappa shape index (κ3) is 3.17. The van der Waals surface area contributed by atoms with Crippen molar-refractivity contribution < 1.29 is 9.90 Å². The number of aliphatic hydroxyl groups excluding tert-OH is 1. The van der Waals surface area contributed by atoms with Crippen LogP contribution in [0.2, 0.25) is 0 Å². The molecule has 1 fully saturated rings. The lowest BCUT2D eigenvalue weighted by molar-refractivity contribution is 0.101. The van der Waals surface area contributed by atoms with Gasteiger partial charge in [0.05, 0.1) is 11.6 Å². The van der Waals surface area contributed by atoms with E-state index < -0.39 is 0 Å². The molecule has 0 bridgehead atoms. The van der Waals surface area contributed by atoms with Crippen LogP contribution in [0.25, 0.3) is 0 Å². The van der Waals surface area contributed by atoms with Crippen molar-refractivity contribution in [2.24, 2.45) is 5.92 Å². The minimum atomic E-state index is 0.0220. The van der Waals surface area contributed by atoms with Gasteiger partial charge in [0, 0.05) is 30.9 Å². The van der Waals surface area contributed by atoms with Gasteiger partial charge in [-0.05, 0) is 50.3 Å². The van der Waals surface area contributed by atoms with Gasteiger partial charge in [-0.1, -0.05) is 0 Å². The summed E-state index contributed by atoms with van der Waals surface area (Å²) in [4.78, 5) is 13.9. The van der Waals surface area contributed by atoms with Crippen molar-refractivity contribution in [3.63, 3.8) is 0 Å². The van der Waals surface area contributed by atoms with Gasteiger partial charge in [0.1, 0.15) is 0 Å². The maximum absolute atomic E-state index is 11.8. The van der Waals surface area contributed by atoms with Crippen molar-refractivity contribution >= 4 is 11.5 Å². The van der Waals surface area contributed by atoms with Crippen LogP contribution in [0.15, 0.2) is 18.2 Å². The Bertz CT molecular complexity index is 532. The van der Waals surface area contributed by atoms with Crippen LogP contribution in [0, 0.1) is 17.2 Å². The van der Waals surface area contributed by atoms with Gasteiger partial charge in [0.2, 0.25) is 0 Å². The molecular formula is C16H20N2O2. The quantitative estimate of drug-likeness (QED) is 0.855. The van der Waals surface area contributed by atoms with Gasteiger partial charge in [-0.25, -0.2) is 0 Å². The minimum Gasteiger partial charge on any atom is -0.396 e. The maximum Gasteiger partial charge on any atom is 0.161 e. The molecule has 4 nitrogen and oxygen atoms in total. The van der Waals surface area contributed by atoms with E-state index in [0.29, 0.717) is 17.0 Å². The first-order chi connectivity index (χ1) is 9.65. The lowest BCUT2D eigenvalue weighted by atomic mass is 9.93. The highest BCUT2D eigenvalue weighted by Gasteiger charge is 2.22. The number of Topliss-reactive ketones (excluding diaryl/α,β-unsaturated/α-hetero) is 1. The fraction of sp³-hybridized carbons (Fsp3) is 0.500. The number of carbonyl (C=O) groups is 1. The third-order valence-electron chi connectivity index (χ3n) is 3.90.